The van der Waals surface area contributed by atoms with Gasteiger partial charge in [0.2, 0.25) is 0 Å². The first-order valence-electron chi connectivity index (χ1n) is 4.73. The van der Waals surface area contributed by atoms with Crippen molar-refractivity contribution >= 4 is 0 Å². The van der Waals surface area contributed by atoms with E-state index in [4.69, 9.17) is 0 Å². The smallest absolute Gasteiger partial charge is 0.108 e. The van der Waals surface area contributed by atoms with Crippen molar-refractivity contribution in [3.63, 3.8) is 0 Å². The van der Waals surface area contributed by atoms with E-state index in [9.17, 15) is 0 Å². The summed E-state index contributed by atoms with van der Waals surface area (Å²) in [6.07, 6.45) is 6.93. The summed E-state index contributed by atoms with van der Waals surface area (Å²) in [7, 11) is 2.09. The summed E-state index contributed by atoms with van der Waals surface area (Å²) in [5, 5.41) is 0. The van der Waals surface area contributed by atoms with Crippen LogP contribution in [0.2, 0.25) is 0 Å². The summed E-state index contributed by atoms with van der Waals surface area (Å²) in [4.78, 5) is 4.35. The van der Waals surface area contributed by atoms with Crippen molar-refractivity contribution in [2.75, 3.05) is 0 Å². The monoisotopic (exact) mass is 166 g/mol. The molecule has 0 atom stereocenters. The molecule has 0 aliphatic carbocycles. The Morgan fingerprint density at radius 2 is 2.17 bits per heavy atom. The molecule has 0 saturated carbocycles. The van der Waals surface area contributed by atoms with E-state index in [1.165, 1.54) is 30.8 Å². The summed E-state index contributed by atoms with van der Waals surface area (Å²) in [5.74, 6) is 1.22. The van der Waals surface area contributed by atoms with E-state index in [1.54, 1.807) is 0 Å². The van der Waals surface area contributed by atoms with Crippen LogP contribution < -0.4 is 0 Å². The molecule has 1 aromatic rings. The third-order valence-corrected chi connectivity index (χ3v) is 2.32. The molecular weight excluding hydrogens is 148 g/mol. The largest absolute Gasteiger partial charge is 0.335 e. The Hall–Kier alpha value is -0.790. The van der Waals surface area contributed by atoms with Gasteiger partial charge in [-0.25, -0.2) is 4.98 Å². The highest BCUT2D eigenvalue weighted by Gasteiger charge is 2.01. The lowest BCUT2D eigenvalue weighted by atomic mass is 10.2. The molecule has 0 saturated heterocycles. The van der Waals surface area contributed by atoms with Gasteiger partial charge >= 0.3 is 0 Å². The summed E-state index contributed by atoms with van der Waals surface area (Å²) >= 11 is 0. The first-order valence-corrected chi connectivity index (χ1v) is 4.73. The second kappa shape index (κ2) is 4.29. The van der Waals surface area contributed by atoms with Crippen molar-refractivity contribution in [3.8, 4) is 0 Å². The van der Waals surface area contributed by atoms with Gasteiger partial charge in [0, 0.05) is 25.4 Å². The fraction of sp³-hybridized carbons (Fsp3) is 0.700. The van der Waals surface area contributed by atoms with Crippen molar-refractivity contribution in [2.45, 2.75) is 39.5 Å². The standard InChI is InChI=1S/C10H18N2/c1-4-5-6-7-10-11-8-9(2)12(10)3/h8H,4-7H2,1-3H3. The lowest BCUT2D eigenvalue weighted by Gasteiger charge is -2.01. The Morgan fingerprint density at radius 3 is 2.67 bits per heavy atom. The first-order chi connectivity index (χ1) is 5.75. The predicted octanol–water partition coefficient (Wildman–Crippen LogP) is 2.46. The molecule has 0 amide bonds. The number of nitrogens with zero attached hydrogens (tertiary/aromatic N) is 2. The maximum Gasteiger partial charge on any atom is 0.108 e. The lowest BCUT2D eigenvalue weighted by Crippen LogP contribution is -1.99. The molecule has 0 unspecified atom stereocenters. The Balaban J connectivity index is 2.46. The van der Waals surface area contributed by atoms with Crippen LogP contribution in [0.4, 0.5) is 0 Å². The van der Waals surface area contributed by atoms with Crippen LogP contribution in [0.15, 0.2) is 6.20 Å². The van der Waals surface area contributed by atoms with Crippen LogP contribution in [0, 0.1) is 6.92 Å². The molecule has 12 heavy (non-hydrogen) atoms. The van der Waals surface area contributed by atoms with Crippen LogP contribution in [0.25, 0.3) is 0 Å². The summed E-state index contributed by atoms with van der Waals surface area (Å²) < 4.78 is 2.18. The van der Waals surface area contributed by atoms with Gasteiger partial charge in [-0.15, -0.1) is 0 Å². The first kappa shape index (κ1) is 9.30. The van der Waals surface area contributed by atoms with Gasteiger partial charge in [-0.1, -0.05) is 19.8 Å². The highest BCUT2D eigenvalue weighted by molar-refractivity contribution is 5.02. The molecular formula is C10H18N2. The van der Waals surface area contributed by atoms with Gasteiger partial charge in [0.05, 0.1) is 0 Å². The summed E-state index contributed by atoms with van der Waals surface area (Å²) in [6.45, 7) is 4.32. The van der Waals surface area contributed by atoms with Crippen LogP contribution in [0.3, 0.4) is 0 Å². The van der Waals surface area contributed by atoms with Crippen molar-refractivity contribution in [1.82, 2.24) is 9.55 Å². The van der Waals surface area contributed by atoms with Gasteiger partial charge in [-0.05, 0) is 13.3 Å². The van der Waals surface area contributed by atoms with Gasteiger partial charge in [0.25, 0.3) is 0 Å². The molecule has 2 heteroatoms. The molecule has 68 valence electrons. The van der Waals surface area contributed by atoms with E-state index in [-0.39, 0.29) is 0 Å². The minimum atomic E-state index is 1.12. The normalized spacial score (nSPS) is 10.6. The fourth-order valence-electron chi connectivity index (χ4n) is 1.31. The third-order valence-electron chi connectivity index (χ3n) is 2.32. The number of rotatable bonds is 4. The molecule has 0 aliphatic heterocycles. The quantitative estimate of drug-likeness (QED) is 0.628. The van der Waals surface area contributed by atoms with Gasteiger partial charge in [-0.3, -0.25) is 0 Å². The fourth-order valence-corrected chi connectivity index (χ4v) is 1.31. The zero-order valence-electron chi connectivity index (χ0n) is 8.30. The van der Waals surface area contributed by atoms with E-state index < -0.39 is 0 Å². The molecule has 0 aromatic carbocycles. The number of hydrogen-bond donors (Lipinski definition) is 0. The van der Waals surface area contributed by atoms with Crippen LogP contribution in [0.5, 0.6) is 0 Å². The Labute approximate surface area is 74.6 Å². The maximum absolute atomic E-state index is 4.35. The van der Waals surface area contributed by atoms with Crippen LogP contribution in [0.1, 0.15) is 37.7 Å². The Morgan fingerprint density at radius 1 is 1.42 bits per heavy atom. The van der Waals surface area contributed by atoms with E-state index in [1.807, 2.05) is 6.20 Å². The van der Waals surface area contributed by atoms with Crippen LogP contribution in [-0.4, -0.2) is 9.55 Å². The molecule has 2 nitrogen and oxygen atoms in total. The molecule has 0 spiro atoms. The van der Waals surface area contributed by atoms with E-state index in [0.717, 1.165) is 6.42 Å². The van der Waals surface area contributed by atoms with Crippen molar-refractivity contribution in [2.24, 2.45) is 7.05 Å². The minimum Gasteiger partial charge on any atom is -0.335 e. The predicted molar refractivity (Wildman–Crippen MR) is 51.2 cm³/mol. The van der Waals surface area contributed by atoms with Crippen LogP contribution >= 0.6 is 0 Å². The van der Waals surface area contributed by atoms with Crippen LogP contribution in [-0.2, 0) is 13.5 Å². The molecule has 0 fully saturated rings. The van der Waals surface area contributed by atoms with Crippen molar-refractivity contribution < 1.29 is 0 Å². The van der Waals surface area contributed by atoms with E-state index in [2.05, 4.69) is 30.4 Å². The second-order valence-corrected chi connectivity index (χ2v) is 3.33. The SMILES string of the molecule is CCCCCc1ncc(C)n1C. The number of unbranched alkanes of at least 4 members (excludes halogenated alkanes) is 2. The molecule has 1 heterocycles. The van der Waals surface area contributed by atoms with Crippen molar-refractivity contribution in [3.05, 3.63) is 17.7 Å². The average molecular weight is 166 g/mol. The topological polar surface area (TPSA) is 17.8 Å². The maximum atomic E-state index is 4.35. The Bertz CT molecular complexity index is 238. The highest BCUT2D eigenvalue weighted by Crippen LogP contribution is 2.06. The zero-order chi connectivity index (χ0) is 8.97. The second-order valence-electron chi connectivity index (χ2n) is 3.33. The van der Waals surface area contributed by atoms with Gasteiger partial charge < -0.3 is 4.57 Å². The zero-order valence-corrected chi connectivity index (χ0v) is 8.30. The molecule has 0 N–H and O–H groups in total. The van der Waals surface area contributed by atoms with Crippen molar-refractivity contribution in [1.29, 1.82) is 0 Å². The number of aryl methyl sites for hydroxylation is 2. The lowest BCUT2D eigenvalue weighted by molar-refractivity contribution is 0.667. The summed E-state index contributed by atoms with van der Waals surface area (Å²) in [6, 6.07) is 0. The van der Waals surface area contributed by atoms with E-state index >= 15 is 0 Å². The number of imidazole rings is 1. The van der Waals surface area contributed by atoms with Gasteiger partial charge in [-0.2, -0.15) is 0 Å². The third kappa shape index (κ3) is 2.10. The highest BCUT2D eigenvalue weighted by atomic mass is 15.0. The molecule has 0 radical (unpaired) electrons. The molecule has 0 bridgehead atoms. The Kier molecular flexibility index (Phi) is 3.32. The minimum absolute atomic E-state index is 1.12. The summed E-state index contributed by atoms with van der Waals surface area (Å²) in [5.41, 5.74) is 1.25. The van der Waals surface area contributed by atoms with Gasteiger partial charge in [0.15, 0.2) is 0 Å². The molecule has 1 rings (SSSR count). The van der Waals surface area contributed by atoms with E-state index in [0.29, 0.717) is 0 Å². The van der Waals surface area contributed by atoms with Gasteiger partial charge in [0.1, 0.15) is 5.82 Å². The molecule has 1 aromatic heterocycles. The average Bonchev–Trinajstić information content (AvgIpc) is 2.36. The number of hydrogen-bond acceptors (Lipinski definition) is 1. The molecule has 0 aliphatic rings. The number of aromatic nitrogens is 2.